The van der Waals surface area contributed by atoms with Gasteiger partial charge in [-0.3, -0.25) is 14.6 Å². The van der Waals surface area contributed by atoms with Crippen LogP contribution in [0.4, 0.5) is 29.2 Å². The van der Waals surface area contributed by atoms with E-state index in [1.54, 1.807) is 17.7 Å². The number of hydrogen-bond acceptors (Lipinski definition) is 15. The summed E-state index contributed by atoms with van der Waals surface area (Å²) in [4.78, 5) is 48.0. The van der Waals surface area contributed by atoms with E-state index in [2.05, 4.69) is 31.0 Å². The number of rotatable bonds is 11. The number of benzene rings is 6. The summed E-state index contributed by atoms with van der Waals surface area (Å²) in [6.45, 7) is 15.7. The molecule has 0 saturated heterocycles. The van der Waals surface area contributed by atoms with Gasteiger partial charge in [-0.25, -0.2) is 42.2 Å². The zero-order valence-electron chi connectivity index (χ0n) is 47.4. The third kappa shape index (κ3) is 11.7. The van der Waals surface area contributed by atoms with Gasteiger partial charge in [0.2, 0.25) is 10.9 Å². The molecule has 0 bridgehead atoms. The molecule has 0 spiro atoms. The number of aliphatic hydroxyl groups excluding tert-OH is 1. The van der Waals surface area contributed by atoms with Crippen molar-refractivity contribution in [2.75, 3.05) is 11.5 Å². The number of ether oxygens (including phenoxy) is 2. The fourth-order valence-corrected chi connectivity index (χ4v) is 10.1. The quantitative estimate of drug-likeness (QED) is 0.102. The standard InChI is InChI=1S/C32H27F2N5O3.C17H12F2O3.C16H18N4O/c1-16(2)41-23-12-11-20(13-17(23)3)28-27-31(35)36-15-37-32(27)39(38-28)18(4)30-25(19-7-5-8-21(33)14-19)29(40)26-22(34)9-6-10-24(26)42-30;1-9(20)17-14(10-4-2-5-11(18)8-10)16(21)15-12(19)6-3-7-13(15)22-17;1-9(2)21-13-5-4-11(6-10(13)3)15-14-12(7-18-15)19-8-20-16(14)17/h5-16,18H,1-4H3,(H2,35,36,37);2-9,20H,1H3;4-6,8-9H,7H2,1-3H3,(H2,17,19,20). The zero-order chi connectivity index (χ0) is 60.5. The normalized spacial score (nSPS) is 12.6. The first-order valence-corrected chi connectivity index (χ1v) is 27.1. The van der Waals surface area contributed by atoms with Crippen molar-refractivity contribution in [3.05, 3.63) is 217 Å². The van der Waals surface area contributed by atoms with Crippen molar-refractivity contribution in [2.24, 2.45) is 4.99 Å². The smallest absolute Gasteiger partial charge is 0.203 e. The van der Waals surface area contributed by atoms with Crippen LogP contribution in [-0.4, -0.2) is 52.7 Å². The van der Waals surface area contributed by atoms with E-state index in [-0.39, 0.29) is 73.7 Å². The van der Waals surface area contributed by atoms with Crippen LogP contribution in [0.25, 0.3) is 66.5 Å². The third-order valence-corrected chi connectivity index (χ3v) is 13.9. The molecule has 20 heteroatoms. The molecule has 5 aromatic heterocycles. The summed E-state index contributed by atoms with van der Waals surface area (Å²) < 4.78 is 81.6. The predicted molar refractivity (Wildman–Crippen MR) is 319 cm³/mol. The summed E-state index contributed by atoms with van der Waals surface area (Å²) in [5.41, 5.74) is 18.9. The monoisotopic (exact) mass is 1150 g/mol. The van der Waals surface area contributed by atoms with Gasteiger partial charge in [-0.15, -0.1) is 0 Å². The molecule has 6 aromatic carbocycles. The number of hydrogen-bond donors (Lipinski definition) is 3. The fraction of sp³-hybridized carbons (Fsp3) is 0.200. The Morgan fingerprint density at radius 2 is 1.07 bits per heavy atom. The average molecular weight is 1150 g/mol. The number of nitrogens with zero attached hydrogens (tertiary/aromatic N) is 7. The second-order valence-electron chi connectivity index (χ2n) is 20.7. The topological polar surface area (TPSA) is 233 Å². The SMILES string of the molecule is CC(O)c1oc2cccc(F)c2c(=O)c1-c1cccc(F)c1.Cc1cc(-c2nn(C(C)c3oc4cccc(F)c4c(=O)c3-c3cccc(F)c3)c3ncnc(N)c23)ccc1OC(C)C.Cc1cc(C2=NCc3ncnc(N)c32)ccc1OC(C)C. The molecule has 432 valence electrons. The predicted octanol–water partition coefficient (Wildman–Crippen LogP) is 13.1. The molecule has 0 fully saturated rings. The Kier molecular flexibility index (Phi) is 16.4. The van der Waals surface area contributed by atoms with Crippen LogP contribution in [0.15, 0.2) is 157 Å². The summed E-state index contributed by atoms with van der Waals surface area (Å²) in [6, 6.07) is 30.0. The molecule has 0 radical (unpaired) electrons. The van der Waals surface area contributed by atoms with Crippen molar-refractivity contribution in [3.63, 3.8) is 0 Å². The molecule has 0 saturated carbocycles. The number of anilines is 2. The number of aromatic nitrogens is 6. The van der Waals surface area contributed by atoms with E-state index in [9.17, 15) is 32.3 Å². The molecule has 85 heavy (non-hydrogen) atoms. The molecular weight excluding hydrogens is 1090 g/mol. The van der Waals surface area contributed by atoms with Crippen molar-refractivity contribution < 1.29 is 41.0 Å². The molecule has 1 aliphatic rings. The number of aryl methyl sites for hydroxylation is 2. The van der Waals surface area contributed by atoms with E-state index < -0.39 is 46.3 Å². The van der Waals surface area contributed by atoms with Gasteiger partial charge in [0.25, 0.3) is 0 Å². The molecule has 0 aliphatic carbocycles. The number of nitrogen functional groups attached to an aromatic ring is 2. The highest BCUT2D eigenvalue weighted by molar-refractivity contribution is 6.17. The molecule has 0 amide bonds. The lowest BCUT2D eigenvalue weighted by Crippen LogP contribution is -2.17. The van der Waals surface area contributed by atoms with E-state index in [0.717, 1.165) is 62.9 Å². The van der Waals surface area contributed by atoms with E-state index >= 15 is 0 Å². The summed E-state index contributed by atoms with van der Waals surface area (Å²) >= 11 is 0. The summed E-state index contributed by atoms with van der Waals surface area (Å²) in [7, 11) is 0. The van der Waals surface area contributed by atoms with E-state index in [4.69, 9.17) is 34.9 Å². The van der Waals surface area contributed by atoms with Gasteiger partial charge in [0.15, 0.2) is 5.65 Å². The Morgan fingerprint density at radius 1 is 0.565 bits per heavy atom. The van der Waals surface area contributed by atoms with Gasteiger partial charge < -0.3 is 34.9 Å². The van der Waals surface area contributed by atoms with Crippen LogP contribution in [-0.2, 0) is 6.54 Å². The van der Waals surface area contributed by atoms with Crippen LogP contribution in [0.1, 0.15) is 93.2 Å². The van der Waals surface area contributed by atoms with Gasteiger partial charge in [0.1, 0.15) is 110 Å². The second kappa shape index (κ2) is 24.0. The van der Waals surface area contributed by atoms with Crippen LogP contribution in [0.5, 0.6) is 11.5 Å². The first-order valence-electron chi connectivity index (χ1n) is 27.1. The highest BCUT2D eigenvalue weighted by Gasteiger charge is 2.29. The maximum absolute atomic E-state index is 14.9. The van der Waals surface area contributed by atoms with Crippen molar-refractivity contribution in [3.8, 4) is 45.0 Å². The van der Waals surface area contributed by atoms with Crippen LogP contribution in [0.3, 0.4) is 0 Å². The lowest BCUT2D eigenvalue weighted by Gasteiger charge is -2.17. The van der Waals surface area contributed by atoms with Crippen molar-refractivity contribution in [1.82, 2.24) is 29.7 Å². The highest BCUT2D eigenvalue weighted by Crippen LogP contribution is 2.39. The zero-order valence-corrected chi connectivity index (χ0v) is 47.4. The highest BCUT2D eigenvalue weighted by atomic mass is 19.1. The Balaban J connectivity index is 0.000000157. The molecule has 6 heterocycles. The van der Waals surface area contributed by atoms with Crippen LogP contribution < -0.4 is 31.8 Å². The lowest BCUT2D eigenvalue weighted by molar-refractivity contribution is 0.171. The van der Waals surface area contributed by atoms with Gasteiger partial charge in [-0.05, 0) is 163 Å². The molecule has 1 aliphatic heterocycles. The molecule has 2 atom stereocenters. The van der Waals surface area contributed by atoms with E-state index in [0.29, 0.717) is 29.1 Å². The first kappa shape index (κ1) is 58.1. The molecule has 5 N–H and O–H groups in total. The van der Waals surface area contributed by atoms with Crippen molar-refractivity contribution >= 4 is 50.3 Å². The van der Waals surface area contributed by atoms with Crippen LogP contribution in [0, 0.1) is 37.1 Å². The average Bonchev–Trinajstić information content (AvgIpc) is 2.06. The molecule has 12 rings (SSSR count). The van der Waals surface area contributed by atoms with Gasteiger partial charge >= 0.3 is 0 Å². The first-order chi connectivity index (χ1) is 40.7. The number of fused-ring (bicyclic) bond motifs is 4. The van der Waals surface area contributed by atoms with Gasteiger partial charge in [0, 0.05) is 11.1 Å². The molecule has 2 unspecified atom stereocenters. The number of halogens is 4. The maximum atomic E-state index is 14.9. The molecular formula is C65H57F4N9O7. The number of aliphatic hydroxyl groups is 1. The summed E-state index contributed by atoms with van der Waals surface area (Å²) in [5.74, 6) is -0.0507. The third-order valence-electron chi connectivity index (χ3n) is 13.9. The van der Waals surface area contributed by atoms with Crippen molar-refractivity contribution in [1.29, 1.82) is 0 Å². The minimum atomic E-state index is -1.10. The number of nitrogens with two attached hydrogens (primary N) is 2. The Labute approximate surface area is 484 Å². The Hall–Kier alpha value is -10.1. The van der Waals surface area contributed by atoms with Crippen LogP contribution in [0.2, 0.25) is 0 Å². The number of aliphatic imine (C=N–C) groups is 1. The largest absolute Gasteiger partial charge is 0.491 e. The van der Waals surface area contributed by atoms with Gasteiger partial charge in [-0.1, -0.05) is 36.4 Å². The van der Waals surface area contributed by atoms with Crippen molar-refractivity contribution in [2.45, 2.75) is 86.3 Å². The Bertz CT molecular complexity index is 4540. The molecule has 16 nitrogen and oxygen atoms in total. The maximum Gasteiger partial charge on any atom is 0.203 e. The van der Waals surface area contributed by atoms with E-state index in [1.165, 1.54) is 86.3 Å². The summed E-state index contributed by atoms with van der Waals surface area (Å²) in [6.07, 6.45) is 1.88. The lowest BCUT2D eigenvalue weighted by atomic mass is 9.99. The van der Waals surface area contributed by atoms with E-state index in [1.807, 2.05) is 71.9 Å². The molecule has 11 aromatic rings. The second-order valence-corrected chi connectivity index (χ2v) is 20.7. The minimum absolute atomic E-state index is 0.0110. The van der Waals surface area contributed by atoms with Crippen LogP contribution >= 0.6 is 0 Å². The Morgan fingerprint density at radius 3 is 1.61 bits per heavy atom. The minimum Gasteiger partial charge on any atom is -0.491 e. The summed E-state index contributed by atoms with van der Waals surface area (Å²) in [5, 5.41) is 14.8. The van der Waals surface area contributed by atoms with Gasteiger partial charge in [0.05, 0.1) is 52.2 Å². The van der Waals surface area contributed by atoms with Gasteiger partial charge in [-0.2, -0.15) is 5.10 Å². The fourth-order valence-electron chi connectivity index (χ4n) is 10.1.